The monoisotopic (exact) mass is 368 g/mol. The third-order valence-electron chi connectivity index (χ3n) is 3.48. The molecule has 25 heavy (non-hydrogen) atoms. The van der Waals surface area contributed by atoms with Crippen LogP contribution in [0.4, 0.5) is 13.2 Å². The highest BCUT2D eigenvalue weighted by molar-refractivity contribution is 7.98. The molecule has 132 valence electrons. The van der Waals surface area contributed by atoms with Crippen LogP contribution in [0.3, 0.4) is 0 Å². The van der Waals surface area contributed by atoms with Crippen molar-refractivity contribution in [1.29, 1.82) is 0 Å². The van der Waals surface area contributed by atoms with Crippen LogP contribution in [-0.2, 0) is 5.75 Å². The summed E-state index contributed by atoms with van der Waals surface area (Å²) in [7, 11) is 0. The van der Waals surface area contributed by atoms with E-state index < -0.39 is 12.8 Å². The molecule has 0 saturated carbocycles. The zero-order chi connectivity index (χ0) is 18.0. The first kappa shape index (κ1) is 17.4. The number of alkyl halides is 3. The van der Waals surface area contributed by atoms with Gasteiger partial charge in [0.05, 0.1) is 16.7 Å². The maximum absolute atomic E-state index is 12.3. The lowest BCUT2D eigenvalue weighted by atomic mass is 10.2. The molecule has 0 aliphatic rings. The Kier molecular flexibility index (Phi) is 4.76. The largest absolute Gasteiger partial charge is 0.804 e. The Morgan fingerprint density at radius 1 is 1.24 bits per heavy atom. The van der Waals surface area contributed by atoms with Crippen LogP contribution in [0.1, 0.15) is 11.3 Å². The van der Waals surface area contributed by atoms with Crippen LogP contribution in [0.2, 0.25) is 0 Å². The molecule has 0 saturated heterocycles. The number of ether oxygens (including phenoxy) is 1. The minimum absolute atomic E-state index is 0.124. The number of aromatic nitrogens is 3. The number of rotatable bonds is 5. The van der Waals surface area contributed by atoms with Crippen molar-refractivity contribution < 1.29 is 17.9 Å². The highest BCUT2D eigenvalue weighted by Gasteiger charge is 2.28. The molecule has 0 bridgehead atoms. The lowest BCUT2D eigenvalue weighted by Crippen LogP contribution is -2.19. The van der Waals surface area contributed by atoms with Gasteiger partial charge in [0, 0.05) is 17.5 Å². The van der Waals surface area contributed by atoms with Gasteiger partial charge in [-0.15, -0.1) is 0 Å². The van der Waals surface area contributed by atoms with Crippen molar-refractivity contribution in [2.24, 2.45) is 0 Å². The Morgan fingerprint density at radius 3 is 2.72 bits per heavy atom. The Bertz CT molecular complexity index is 896. The predicted molar refractivity (Wildman–Crippen MR) is 88.6 cm³/mol. The summed E-state index contributed by atoms with van der Waals surface area (Å²) in [5.41, 5.74) is 2.11. The number of hydrogen-bond donors (Lipinski definition) is 0. The second-order valence-electron chi connectivity index (χ2n) is 5.25. The molecule has 0 amide bonds. The van der Waals surface area contributed by atoms with Gasteiger partial charge in [-0.1, -0.05) is 23.9 Å². The molecular formula is C16H13F3N3O2S-. The lowest BCUT2D eigenvalue weighted by Gasteiger charge is -2.14. The van der Waals surface area contributed by atoms with Gasteiger partial charge in [-0.25, -0.2) is 4.98 Å². The smallest absolute Gasteiger partial charge is 0.422 e. The van der Waals surface area contributed by atoms with Crippen LogP contribution in [0.25, 0.3) is 11.0 Å². The van der Waals surface area contributed by atoms with Crippen molar-refractivity contribution in [2.75, 3.05) is 6.61 Å². The summed E-state index contributed by atoms with van der Waals surface area (Å²) in [6.07, 6.45) is -3.02. The third-order valence-corrected chi connectivity index (χ3v) is 4.41. The Hall–Kier alpha value is -2.42. The van der Waals surface area contributed by atoms with E-state index >= 15 is 0 Å². The topological polar surface area (TPSA) is 63.0 Å². The predicted octanol–water partition coefficient (Wildman–Crippen LogP) is 4.32. The summed E-state index contributed by atoms with van der Waals surface area (Å²) in [5, 5.41) is 12.4. The van der Waals surface area contributed by atoms with Gasteiger partial charge in [-0.2, -0.15) is 13.2 Å². The summed E-state index contributed by atoms with van der Waals surface area (Å²) in [6.45, 7) is 0.273. The normalized spacial score (nSPS) is 11.8. The molecule has 2 aromatic heterocycles. The van der Waals surface area contributed by atoms with E-state index in [-0.39, 0.29) is 10.9 Å². The van der Waals surface area contributed by atoms with Gasteiger partial charge in [0.25, 0.3) is 0 Å². The number of nitrogens with zero attached hydrogens (tertiary/aromatic N) is 3. The fraction of sp³-hybridized carbons (Fsp3) is 0.250. The standard InChI is InChI=1S/C16H13F3N3O2S/c1-10-12(20-7-6-14(10)24-9-16(17,18)19)8-25-15-21-11-4-2-3-5-13(11)22(15)23/h2-7H,8-9H2,1H3/q-1. The Morgan fingerprint density at radius 2 is 2.00 bits per heavy atom. The molecule has 0 aliphatic carbocycles. The molecule has 2 heterocycles. The van der Waals surface area contributed by atoms with Crippen LogP contribution in [0.5, 0.6) is 5.75 Å². The molecular weight excluding hydrogens is 355 g/mol. The number of imidazole rings is 1. The zero-order valence-corrected chi connectivity index (χ0v) is 13.9. The molecule has 0 aliphatic heterocycles. The molecule has 0 atom stereocenters. The average molecular weight is 368 g/mol. The molecule has 0 fully saturated rings. The first-order chi connectivity index (χ1) is 11.8. The Balaban J connectivity index is 1.75. The molecule has 3 aromatic rings. The Labute approximate surface area is 145 Å². The fourth-order valence-corrected chi connectivity index (χ4v) is 3.16. The maximum atomic E-state index is 12.3. The zero-order valence-electron chi connectivity index (χ0n) is 13.1. The average Bonchev–Trinajstić information content (AvgIpc) is 2.89. The first-order valence-electron chi connectivity index (χ1n) is 7.27. The van der Waals surface area contributed by atoms with E-state index in [0.717, 1.165) is 4.73 Å². The SMILES string of the molecule is Cc1c(OCC(F)(F)F)ccnc1CSc1nc2ccccc2n1[O-]. The van der Waals surface area contributed by atoms with Crippen molar-refractivity contribution in [3.8, 4) is 5.75 Å². The van der Waals surface area contributed by atoms with Crippen LogP contribution in [0, 0.1) is 12.1 Å². The van der Waals surface area contributed by atoms with Crippen LogP contribution < -0.4 is 4.74 Å². The maximum Gasteiger partial charge on any atom is 0.422 e. The quantitative estimate of drug-likeness (QED) is 0.628. The number of para-hydroxylation sites is 2. The summed E-state index contributed by atoms with van der Waals surface area (Å²) in [4.78, 5) is 8.41. The van der Waals surface area contributed by atoms with Crippen molar-refractivity contribution in [3.05, 3.63) is 53.0 Å². The minimum Gasteiger partial charge on any atom is -0.804 e. The third kappa shape index (κ3) is 3.98. The first-order valence-corrected chi connectivity index (χ1v) is 8.25. The van der Waals surface area contributed by atoms with Crippen molar-refractivity contribution >= 4 is 22.8 Å². The van der Waals surface area contributed by atoms with Crippen molar-refractivity contribution in [3.63, 3.8) is 0 Å². The van der Waals surface area contributed by atoms with Crippen LogP contribution >= 0.6 is 11.8 Å². The summed E-state index contributed by atoms with van der Waals surface area (Å²) < 4.78 is 42.4. The van der Waals surface area contributed by atoms with Gasteiger partial charge >= 0.3 is 6.18 Å². The van der Waals surface area contributed by atoms with Crippen LogP contribution in [-0.4, -0.2) is 27.5 Å². The minimum atomic E-state index is -4.40. The van der Waals surface area contributed by atoms with Crippen molar-refractivity contribution in [2.45, 2.75) is 24.0 Å². The van der Waals surface area contributed by atoms with E-state index in [1.54, 1.807) is 31.2 Å². The molecule has 0 spiro atoms. The summed E-state index contributed by atoms with van der Waals surface area (Å²) in [5.74, 6) is 0.416. The molecule has 0 N–H and O–H groups in total. The highest BCUT2D eigenvalue weighted by Crippen LogP contribution is 2.29. The summed E-state index contributed by atoms with van der Waals surface area (Å²) >= 11 is 1.17. The molecule has 0 radical (unpaired) electrons. The van der Waals surface area contributed by atoms with E-state index in [4.69, 9.17) is 4.74 Å². The van der Waals surface area contributed by atoms with E-state index in [1.165, 1.54) is 24.0 Å². The summed E-state index contributed by atoms with van der Waals surface area (Å²) in [6, 6.07) is 8.34. The number of pyridine rings is 1. The van der Waals surface area contributed by atoms with Gasteiger partial charge in [0.15, 0.2) is 11.8 Å². The van der Waals surface area contributed by atoms with Gasteiger partial charge in [-0.05, 0) is 25.1 Å². The van der Waals surface area contributed by atoms with Crippen molar-refractivity contribution in [1.82, 2.24) is 14.7 Å². The number of thioether (sulfide) groups is 1. The number of fused-ring (bicyclic) bond motifs is 1. The molecule has 1 aromatic carbocycles. The van der Waals surface area contributed by atoms with Crippen LogP contribution in [0.15, 0.2) is 41.7 Å². The molecule has 0 unspecified atom stereocenters. The molecule has 9 heteroatoms. The number of hydrogen-bond acceptors (Lipinski definition) is 5. The van der Waals surface area contributed by atoms with E-state index in [0.29, 0.717) is 28.0 Å². The number of benzene rings is 1. The van der Waals surface area contributed by atoms with E-state index in [9.17, 15) is 18.4 Å². The fourth-order valence-electron chi connectivity index (χ4n) is 2.23. The van der Waals surface area contributed by atoms with Gasteiger partial charge in [-0.3, -0.25) is 4.98 Å². The lowest BCUT2D eigenvalue weighted by molar-refractivity contribution is -0.153. The second kappa shape index (κ2) is 6.83. The molecule has 5 nitrogen and oxygen atoms in total. The van der Waals surface area contributed by atoms with E-state index in [2.05, 4.69) is 9.97 Å². The molecule has 3 rings (SSSR count). The highest BCUT2D eigenvalue weighted by atomic mass is 32.2. The van der Waals surface area contributed by atoms with E-state index in [1.807, 2.05) is 0 Å². The number of halogens is 3. The van der Waals surface area contributed by atoms with Gasteiger partial charge < -0.3 is 14.7 Å². The second-order valence-corrected chi connectivity index (χ2v) is 6.19. The van der Waals surface area contributed by atoms with Gasteiger partial charge in [0.2, 0.25) is 0 Å². The van der Waals surface area contributed by atoms with Gasteiger partial charge in [0.1, 0.15) is 5.75 Å².